The van der Waals surface area contributed by atoms with Crippen molar-refractivity contribution >= 4 is 0 Å². The van der Waals surface area contributed by atoms with E-state index in [1.807, 2.05) is 0 Å². The van der Waals surface area contributed by atoms with Crippen LogP contribution in [-0.2, 0) is 0 Å². The van der Waals surface area contributed by atoms with E-state index in [9.17, 15) is 0 Å². The molecule has 0 radical (unpaired) electrons. The van der Waals surface area contributed by atoms with Gasteiger partial charge in [-0.3, -0.25) is 0 Å². The lowest BCUT2D eigenvalue weighted by Crippen LogP contribution is -2.25. The molecule has 0 aromatic carbocycles. The summed E-state index contributed by atoms with van der Waals surface area (Å²) in [7, 11) is 0. The molecule has 120 valence electrons. The molecule has 1 heterocycles. The summed E-state index contributed by atoms with van der Waals surface area (Å²) in [6.45, 7) is 11.3. The van der Waals surface area contributed by atoms with E-state index in [0.29, 0.717) is 23.1 Å². The first-order chi connectivity index (χ1) is 9.77. The zero-order valence-corrected chi connectivity index (χ0v) is 14.2. The molecule has 1 saturated carbocycles. The molecule has 4 nitrogen and oxygen atoms in total. The summed E-state index contributed by atoms with van der Waals surface area (Å²) in [5.74, 6) is 3.28. The van der Waals surface area contributed by atoms with Gasteiger partial charge in [0.15, 0.2) is 5.82 Å². The van der Waals surface area contributed by atoms with Crippen molar-refractivity contribution in [1.29, 1.82) is 0 Å². The number of hydrogen-bond acceptors (Lipinski definition) is 4. The van der Waals surface area contributed by atoms with E-state index in [0.717, 1.165) is 18.2 Å². The third-order valence-electron chi connectivity index (χ3n) is 4.82. The molecule has 1 atom stereocenters. The van der Waals surface area contributed by atoms with E-state index in [1.54, 1.807) is 0 Å². The fourth-order valence-electron chi connectivity index (χ4n) is 3.39. The zero-order valence-electron chi connectivity index (χ0n) is 14.2. The molecule has 21 heavy (non-hydrogen) atoms. The number of rotatable bonds is 4. The lowest BCUT2D eigenvalue weighted by Gasteiger charge is -2.36. The molecule has 0 amide bonds. The smallest absolute Gasteiger partial charge is 0.243 e. The summed E-state index contributed by atoms with van der Waals surface area (Å²) in [5, 5.41) is 4.19. The molecule has 1 aliphatic carbocycles. The van der Waals surface area contributed by atoms with Crippen LogP contribution in [0.15, 0.2) is 4.52 Å². The first kappa shape index (κ1) is 16.5. The molecule has 0 spiro atoms. The molecule has 2 N–H and O–H groups in total. The first-order valence-corrected chi connectivity index (χ1v) is 8.36. The number of hydrogen-bond donors (Lipinski definition) is 1. The second-order valence-corrected chi connectivity index (χ2v) is 8.14. The predicted octanol–water partition coefficient (Wildman–Crippen LogP) is 4.44. The molecule has 1 aromatic rings. The van der Waals surface area contributed by atoms with Crippen LogP contribution < -0.4 is 5.73 Å². The number of nitrogens with two attached hydrogens (primary N) is 1. The van der Waals surface area contributed by atoms with Gasteiger partial charge in [0.05, 0.1) is 6.04 Å². The highest BCUT2D eigenvalue weighted by atomic mass is 16.5. The summed E-state index contributed by atoms with van der Waals surface area (Å²) in [5.41, 5.74) is 6.53. The Bertz CT molecular complexity index is 439. The third kappa shape index (κ3) is 4.29. The second kappa shape index (κ2) is 6.47. The minimum Gasteiger partial charge on any atom is -0.338 e. The van der Waals surface area contributed by atoms with Gasteiger partial charge >= 0.3 is 0 Å². The van der Waals surface area contributed by atoms with Gasteiger partial charge in [0.1, 0.15) is 0 Å². The molecule has 0 unspecified atom stereocenters. The Kier molecular flexibility index (Phi) is 5.07. The summed E-state index contributed by atoms with van der Waals surface area (Å²) < 4.78 is 5.39. The first-order valence-electron chi connectivity index (χ1n) is 8.36. The lowest BCUT2D eigenvalue weighted by molar-refractivity contribution is 0.166. The van der Waals surface area contributed by atoms with Crippen LogP contribution in [0.2, 0.25) is 0 Å². The average molecular weight is 293 g/mol. The molecular weight excluding hydrogens is 262 g/mol. The number of nitrogens with zero attached hydrogens (tertiary/aromatic N) is 2. The van der Waals surface area contributed by atoms with Crippen molar-refractivity contribution < 1.29 is 4.52 Å². The standard InChI is InChI=1S/C17H31N3O/c1-11(2)10-14(18)16-19-15(20-21-16)12-6-8-13(9-7-12)17(3,4)5/h11-14H,6-10,18H2,1-5H3/t12?,13?,14-/m0/s1. The normalized spacial score (nSPS) is 25.3. The molecule has 1 aliphatic rings. The van der Waals surface area contributed by atoms with Gasteiger partial charge in [0.25, 0.3) is 0 Å². The summed E-state index contributed by atoms with van der Waals surface area (Å²) in [4.78, 5) is 4.57. The van der Waals surface area contributed by atoms with Crippen molar-refractivity contribution in [1.82, 2.24) is 10.1 Å². The Hall–Kier alpha value is -0.900. The van der Waals surface area contributed by atoms with Gasteiger partial charge in [-0.15, -0.1) is 0 Å². The second-order valence-electron chi connectivity index (χ2n) is 8.14. The maximum Gasteiger partial charge on any atom is 0.243 e. The van der Waals surface area contributed by atoms with Crippen molar-refractivity contribution in [3.63, 3.8) is 0 Å². The largest absolute Gasteiger partial charge is 0.338 e. The molecule has 0 saturated heterocycles. The predicted molar refractivity (Wildman–Crippen MR) is 84.8 cm³/mol. The van der Waals surface area contributed by atoms with Crippen LogP contribution in [0.25, 0.3) is 0 Å². The lowest BCUT2D eigenvalue weighted by atomic mass is 9.70. The van der Waals surface area contributed by atoms with Crippen LogP contribution in [0, 0.1) is 17.3 Å². The molecule has 0 bridgehead atoms. The van der Waals surface area contributed by atoms with Crippen molar-refractivity contribution in [3.8, 4) is 0 Å². The van der Waals surface area contributed by atoms with Gasteiger partial charge in [-0.25, -0.2) is 0 Å². The van der Waals surface area contributed by atoms with E-state index in [2.05, 4.69) is 44.8 Å². The summed E-state index contributed by atoms with van der Waals surface area (Å²) >= 11 is 0. The SMILES string of the molecule is CC(C)C[C@H](N)c1nc(C2CCC(C(C)(C)C)CC2)no1. The molecule has 4 heteroatoms. The van der Waals surface area contributed by atoms with E-state index in [4.69, 9.17) is 10.3 Å². The van der Waals surface area contributed by atoms with E-state index >= 15 is 0 Å². The fourth-order valence-corrected chi connectivity index (χ4v) is 3.39. The minimum absolute atomic E-state index is 0.128. The summed E-state index contributed by atoms with van der Waals surface area (Å²) in [6.07, 6.45) is 5.74. The molecular formula is C17H31N3O. The van der Waals surface area contributed by atoms with Crippen LogP contribution in [0.5, 0.6) is 0 Å². The van der Waals surface area contributed by atoms with Crippen LogP contribution >= 0.6 is 0 Å². The highest BCUT2D eigenvalue weighted by Crippen LogP contribution is 2.42. The quantitative estimate of drug-likeness (QED) is 0.891. The Morgan fingerprint density at radius 3 is 2.33 bits per heavy atom. The zero-order chi connectivity index (χ0) is 15.6. The van der Waals surface area contributed by atoms with E-state index in [-0.39, 0.29) is 6.04 Å². The van der Waals surface area contributed by atoms with Crippen LogP contribution in [0.3, 0.4) is 0 Å². The minimum atomic E-state index is -0.128. The van der Waals surface area contributed by atoms with Gasteiger partial charge in [0, 0.05) is 5.92 Å². The van der Waals surface area contributed by atoms with Crippen LogP contribution in [0.1, 0.15) is 90.4 Å². The Morgan fingerprint density at radius 2 is 1.81 bits per heavy atom. The van der Waals surface area contributed by atoms with Gasteiger partial charge in [-0.05, 0) is 49.4 Å². The van der Waals surface area contributed by atoms with Crippen molar-refractivity contribution in [2.75, 3.05) is 0 Å². The maximum atomic E-state index is 6.12. The molecule has 0 aliphatic heterocycles. The van der Waals surface area contributed by atoms with Gasteiger partial charge in [-0.2, -0.15) is 4.98 Å². The topological polar surface area (TPSA) is 64.9 Å². The van der Waals surface area contributed by atoms with Crippen molar-refractivity contribution in [2.45, 2.75) is 78.7 Å². The monoisotopic (exact) mass is 293 g/mol. The third-order valence-corrected chi connectivity index (χ3v) is 4.82. The van der Waals surface area contributed by atoms with Crippen LogP contribution in [-0.4, -0.2) is 10.1 Å². The molecule has 1 aromatic heterocycles. The van der Waals surface area contributed by atoms with Gasteiger partial charge in [-0.1, -0.05) is 39.8 Å². The Morgan fingerprint density at radius 1 is 1.19 bits per heavy atom. The van der Waals surface area contributed by atoms with E-state index in [1.165, 1.54) is 25.7 Å². The highest BCUT2D eigenvalue weighted by molar-refractivity contribution is 5.00. The van der Waals surface area contributed by atoms with Gasteiger partial charge < -0.3 is 10.3 Å². The fraction of sp³-hybridized carbons (Fsp3) is 0.882. The van der Waals surface area contributed by atoms with Crippen molar-refractivity contribution in [2.24, 2.45) is 23.0 Å². The molecule has 1 fully saturated rings. The molecule has 2 rings (SSSR count). The van der Waals surface area contributed by atoms with Crippen LogP contribution in [0.4, 0.5) is 0 Å². The number of aromatic nitrogens is 2. The Balaban J connectivity index is 1.94. The van der Waals surface area contributed by atoms with Crippen molar-refractivity contribution in [3.05, 3.63) is 11.7 Å². The summed E-state index contributed by atoms with van der Waals surface area (Å²) in [6, 6.07) is -0.128. The average Bonchev–Trinajstić information content (AvgIpc) is 2.86. The van der Waals surface area contributed by atoms with E-state index < -0.39 is 0 Å². The maximum absolute atomic E-state index is 6.12. The van der Waals surface area contributed by atoms with Gasteiger partial charge in [0.2, 0.25) is 5.89 Å². The Labute approximate surface area is 128 Å². The highest BCUT2D eigenvalue weighted by Gasteiger charge is 2.32.